The molecule has 0 saturated carbocycles. The van der Waals surface area contributed by atoms with Crippen LogP contribution in [0.2, 0.25) is 0 Å². The maximum Gasteiger partial charge on any atom is 0.273 e. The van der Waals surface area contributed by atoms with Crippen LogP contribution in [0.5, 0.6) is 17.2 Å². The third-order valence-electron chi connectivity index (χ3n) is 3.84. The van der Waals surface area contributed by atoms with Gasteiger partial charge in [0.1, 0.15) is 22.9 Å². The first-order chi connectivity index (χ1) is 12.6. The molecule has 26 heavy (non-hydrogen) atoms. The Hall–Kier alpha value is -3.48. The van der Waals surface area contributed by atoms with Crippen LogP contribution < -0.4 is 19.5 Å². The molecule has 1 amide bonds. The minimum absolute atomic E-state index is 0.327. The van der Waals surface area contributed by atoms with Crippen molar-refractivity contribution in [3.63, 3.8) is 0 Å². The Morgan fingerprint density at radius 1 is 0.962 bits per heavy atom. The lowest BCUT2D eigenvalue weighted by atomic mass is 10.1. The molecule has 3 rings (SSSR count). The van der Waals surface area contributed by atoms with Gasteiger partial charge in [0.05, 0.1) is 32.7 Å². The molecule has 0 atom stereocenters. The number of aromatic amines is 1. The van der Waals surface area contributed by atoms with E-state index in [-0.39, 0.29) is 5.91 Å². The van der Waals surface area contributed by atoms with Gasteiger partial charge in [0.2, 0.25) is 0 Å². The van der Waals surface area contributed by atoms with Gasteiger partial charge in [0.15, 0.2) is 0 Å². The van der Waals surface area contributed by atoms with E-state index in [9.17, 15) is 4.79 Å². The fourth-order valence-electron chi connectivity index (χ4n) is 2.47. The van der Waals surface area contributed by atoms with E-state index in [1.165, 1.54) is 7.11 Å². The van der Waals surface area contributed by atoms with Gasteiger partial charge in [0.25, 0.3) is 5.91 Å². The number of ether oxygens (including phenoxy) is 3. The number of amides is 1. The van der Waals surface area contributed by atoms with Crippen LogP contribution in [0.15, 0.2) is 48.5 Å². The molecule has 7 heteroatoms. The van der Waals surface area contributed by atoms with Gasteiger partial charge >= 0.3 is 0 Å². The first-order valence-corrected chi connectivity index (χ1v) is 7.88. The van der Waals surface area contributed by atoms with Crippen molar-refractivity contribution in [3.05, 3.63) is 54.2 Å². The molecule has 0 aliphatic rings. The summed E-state index contributed by atoms with van der Waals surface area (Å²) in [6, 6.07) is 14.3. The summed E-state index contributed by atoms with van der Waals surface area (Å²) >= 11 is 0. The van der Waals surface area contributed by atoms with Crippen LogP contribution in [-0.4, -0.2) is 37.4 Å². The highest BCUT2D eigenvalue weighted by molar-refractivity contribution is 6.04. The third-order valence-corrected chi connectivity index (χ3v) is 3.84. The van der Waals surface area contributed by atoms with E-state index in [4.69, 9.17) is 14.2 Å². The summed E-state index contributed by atoms with van der Waals surface area (Å²) in [7, 11) is 4.70. The molecule has 0 unspecified atom stereocenters. The SMILES string of the molecule is COc1cccc(-c2cc(C(=O)Nc3cc(OC)ccc3OC)[nH]n2)c1. The number of hydrogen-bond donors (Lipinski definition) is 2. The molecule has 1 heterocycles. The van der Waals surface area contributed by atoms with Crippen LogP contribution in [0.25, 0.3) is 11.3 Å². The lowest BCUT2D eigenvalue weighted by Crippen LogP contribution is -2.13. The molecule has 2 aromatic carbocycles. The van der Waals surface area contributed by atoms with E-state index >= 15 is 0 Å². The topological polar surface area (TPSA) is 85.5 Å². The Kier molecular flexibility index (Phi) is 5.07. The fraction of sp³-hybridized carbons (Fsp3) is 0.158. The molecule has 0 aliphatic heterocycles. The van der Waals surface area contributed by atoms with Gasteiger partial charge in [-0.2, -0.15) is 5.10 Å². The molecule has 0 fully saturated rings. The van der Waals surface area contributed by atoms with Crippen molar-refractivity contribution in [1.82, 2.24) is 10.2 Å². The first kappa shape index (κ1) is 17.3. The minimum atomic E-state index is -0.335. The lowest BCUT2D eigenvalue weighted by Gasteiger charge is -2.11. The smallest absolute Gasteiger partial charge is 0.273 e. The molecular formula is C19H19N3O4. The van der Waals surface area contributed by atoms with Crippen molar-refractivity contribution in [2.75, 3.05) is 26.6 Å². The third kappa shape index (κ3) is 3.61. The molecule has 7 nitrogen and oxygen atoms in total. The van der Waals surface area contributed by atoms with E-state index in [0.29, 0.717) is 28.6 Å². The van der Waals surface area contributed by atoms with Gasteiger partial charge in [-0.3, -0.25) is 9.89 Å². The van der Waals surface area contributed by atoms with Crippen LogP contribution in [0.1, 0.15) is 10.5 Å². The van der Waals surface area contributed by atoms with E-state index in [2.05, 4.69) is 15.5 Å². The summed E-state index contributed by atoms with van der Waals surface area (Å²) in [5.41, 5.74) is 2.33. The summed E-state index contributed by atoms with van der Waals surface area (Å²) in [5, 5.41) is 9.76. The minimum Gasteiger partial charge on any atom is -0.497 e. The highest BCUT2D eigenvalue weighted by Crippen LogP contribution is 2.29. The number of nitrogens with one attached hydrogen (secondary N) is 2. The van der Waals surface area contributed by atoms with Crippen molar-refractivity contribution in [3.8, 4) is 28.5 Å². The number of rotatable bonds is 6. The van der Waals surface area contributed by atoms with Crippen LogP contribution >= 0.6 is 0 Å². The molecule has 0 saturated heterocycles. The van der Waals surface area contributed by atoms with Crippen LogP contribution in [0.4, 0.5) is 5.69 Å². The second-order valence-corrected chi connectivity index (χ2v) is 5.42. The molecule has 0 aliphatic carbocycles. The zero-order valence-electron chi connectivity index (χ0n) is 14.7. The average molecular weight is 353 g/mol. The maximum atomic E-state index is 12.5. The van der Waals surface area contributed by atoms with Gasteiger partial charge in [0, 0.05) is 11.6 Å². The number of hydrogen-bond acceptors (Lipinski definition) is 5. The molecule has 0 radical (unpaired) electrons. The van der Waals surface area contributed by atoms with Gasteiger partial charge in [-0.15, -0.1) is 0 Å². The molecular weight excluding hydrogens is 334 g/mol. The highest BCUT2D eigenvalue weighted by Gasteiger charge is 2.14. The average Bonchev–Trinajstić information content (AvgIpc) is 3.18. The predicted octanol–water partition coefficient (Wildman–Crippen LogP) is 3.35. The van der Waals surface area contributed by atoms with Crippen molar-refractivity contribution in [2.24, 2.45) is 0 Å². The van der Waals surface area contributed by atoms with Crippen LogP contribution in [0.3, 0.4) is 0 Å². The molecule has 0 spiro atoms. The first-order valence-electron chi connectivity index (χ1n) is 7.88. The van der Waals surface area contributed by atoms with Crippen molar-refractivity contribution in [2.45, 2.75) is 0 Å². The van der Waals surface area contributed by atoms with E-state index in [0.717, 1.165) is 11.3 Å². The standard InChI is InChI=1S/C19H19N3O4/c1-24-13-6-4-5-12(9-13)15-11-17(22-21-15)19(23)20-16-10-14(25-2)7-8-18(16)26-3/h4-11H,1-3H3,(H,20,23)(H,21,22). The zero-order chi connectivity index (χ0) is 18.5. The lowest BCUT2D eigenvalue weighted by molar-refractivity contribution is 0.102. The second-order valence-electron chi connectivity index (χ2n) is 5.42. The quantitative estimate of drug-likeness (QED) is 0.710. The molecule has 3 aromatic rings. The molecule has 1 aromatic heterocycles. The summed E-state index contributed by atoms with van der Waals surface area (Å²) < 4.78 is 15.7. The fourth-order valence-corrected chi connectivity index (χ4v) is 2.47. The number of H-pyrrole nitrogens is 1. The Morgan fingerprint density at radius 3 is 2.46 bits per heavy atom. The van der Waals surface area contributed by atoms with Gasteiger partial charge in [-0.25, -0.2) is 0 Å². The summed E-state index contributed by atoms with van der Waals surface area (Å²) in [5.74, 6) is 1.53. The van der Waals surface area contributed by atoms with Gasteiger partial charge < -0.3 is 19.5 Å². The van der Waals surface area contributed by atoms with E-state index in [1.54, 1.807) is 38.5 Å². The van der Waals surface area contributed by atoms with Crippen molar-refractivity contribution >= 4 is 11.6 Å². The largest absolute Gasteiger partial charge is 0.497 e. The normalized spacial score (nSPS) is 10.3. The molecule has 134 valence electrons. The highest BCUT2D eigenvalue weighted by atomic mass is 16.5. The van der Waals surface area contributed by atoms with E-state index in [1.807, 2.05) is 24.3 Å². The monoisotopic (exact) mass is 353 g/mol. The number of methoxy groups -OCH3 is 3. The predicted molar refractivity (Wildman–Crippen MR) is 98.1 cm³/mol. The summed E-state index contributed by atoms with van der Waals surface area (Å²) in [4.78, 5) is 12.5. The van der Waals surface area contributed by atoms with Crippen LogP contribution in [-0.2, 0) is 0 Å². The maximum absolute atomic E-state index is 12.5. The number of carbonyl (C=O) groups excluding carboxylic acids is 1. The van der Waals surface area contributed by atoms with Gasteiger partial charge in [-0.05, 0) is 30.3 Å². The Labute approximate surface area is 150 Å². The Morgan fingerprint density at radius 2 is 1.73 bits per heavy atom. The number of nitrogens with zero attached hydrogens (tertiary/aromatic N) is 1. The molecule has 2 N–H and O–H groups in total. The second kappa shape index (κ2) is 7.60. The Balaban J connectivity index is 1.82. The zero-order valence-corrected chi connectivity index (χ0v) is 14.7. The Bertz CT molecular complexity index is 921. The number of carbonyl (C=O) groups is 1. The number of anilines is 1. The van der Waals surface area contributed by atoms with Crippen molar-refractivity contribution in [1.29, 1.82) is 0 Å². The van der Waals surface area contributed by atoms with Crippen LogP contribution in [0, 0.1) is 0 Å². The summed E-state index contributed by atoms with van der Waals surface area (Å²) in [6.45, 7) is 0. The van der Waals surface area contributed by atoms with Gasteiger partial charge in [-0.1, -0.05) is 12.1 Å². The summed E-state index contributed by atoms with van der Waals surface area (Å²) in [6.07, 6.45) is 0. The number of aromatic nitrogens is 2. The van der Waals surface area contributed by atoms with E-state index < -0.39 is 0 Å². The number of benzene rings is 2. The van der Waals surface area contributed by atoms with Crippen molar-refractivity contribution < 1.29 is 19.0 Å². The molecule has 0 bridgehead atoms.